The molecule has 1 aliphatic rings. The van der Waals surface area contributed by atoms with Crippen molar-refractivity contribution in [2.24, 2.45) is 10.9 Å². The Hall–Kier alpha value is -3.75. The smallest absolute Gasteiger partial charge is 0.269 e. The van der Waals surface area contributed by atoms with Crippen molar-refractivity contribution in [1.29, 1.82) is 0 Å². The first-order valence-corrected chi connectivity index (χ1v) is 8.22. The summed E-state index contributed by atoms with van der Waals surface area (Å²) in [4.78, 5) is 27.8. The molecule has 2 atom stereocenters. The number of nitro benzene ring substituents is 1. The average molecular weight is 365 g/mol. The van der Waals surface area contributed by atoms with Crippen molar-refractivity contribution in [1.82, 2.24) is 10.2 Å². The number of aromatic amines is 1. The van der Waals surface area contributed by atoms with Crippen LogP contribution in [0.5, 0.6) is 0 Å². The number of non-ortho nitro benzene ring substituents is 1. The van der Waals surface area contributed by atoms with E-state index in [1.807, 2.05) is 6.07 Å². The van der Waals surface area contributed by atoms with Crippen LogP contribution in [-0.2, 0) is 4.79 Å². The number of hydrogen-bond donors (Lipinski definition) is 2. The van der Waals surface area contributed by atoms with Gasteiger partial charge < -0.3 is 9.73 Å². The number of aromatic nitrogens is 2. The Morgan fingerprint density at radius 2 is 2.07 bits per heavy atom. The zero-order chi connectivity index (χ0) is 19.0. The maximum absolute atomic E-state index is 13.0. The maximum Gasteiger partial charge on any atom is 0.269 e. The van der Waals surface area contributed by atoms with E-state index >= 15 is 0 Å². The van der Waals surface area contributed by atoms with Gasteiger partial charge >= 0.3 is 0 Å². The van der Waals surface area contributed by atoms with E-state index in [0.29, 0.717) is 23.0 Å². The molecule has 0 saturated heterocycles. The van der Waals surface area contributed by atoms with Crippen molar-refractivity contribution >= 4 is 28.8 Å². The van der Waals surface area contributed by atoms with Gasteiger partial charge in [0.1, 0.15) is 5.76 Å². The number of furan rings is 1. The first-order chi connectivity index (χ1) is 13.0. The molecule has 4 rings (SSSR count). The molecular formula is C18H15N5O4. The number of nitrogens with one attached hydrogen (secondary N) is 2. The number of nitrogens with zero attached hydrogens (tertiary/aromatic N) is 3. The van der Waals surface area contributed by atoms with Gasteiger partial charge in [-0.05, 0) is 31.2 Å². The van der Waals surface area contributed by atoms with Crippen LogP contribution >= 0.6 is 0 Å². The summed E-state index contributed by atoms with van der Waals surface area (Å²) in [6.45, 7) is 1.78. The molecule has 0 bridgehead atoms. The third kappa shape index (κ3) is 2.99. The summed E-state index contributed by atoms with van der Waals surface area (Å²) in [5, 5.41) is 20.4. The van der Waals surface area contributed by atoms with Gasteiger partial charge in [0.25, 0.3) is 5.69 Å². The molecule has 3 heterocycles. The molecule has 2 aromatic heterocycles. The van der Waals surface area contributed by atoms with Crippen LogP contribution in [0.1, 0.15) is 24.2 Å². The van der Waals surface area contributed by atoms with E-state index in [-0.39, 0.29) is 17.5 Å². The molecule has 136 valence electrons. The highest BCUT2D eigenvalue weighted by atomic mass is 16.6. The van der Waals surface area contributed by atoms with Crippen LogP contribution in [0.25, 0.3) is 0 Å². The number of amides is 1. The molecule has 0 fully saturated rings. The van der Waals surface area contributed by atoms with Gasteiger partial charge in [-0.2, -0.15) is 5.10 Å². The van der Waals surface area contributed by atoms with E-state index < -0.39 is 10.8 Å². The van der Waals surface area contributed by atoms with Crippen LogP contribution < -0.4 is 5.32 Å². The van der Waals surface area contributed by atoms with Gasteiger partial charge in [-0.3, -0.25) is 20.0 Å². The number of rotatable bonds is 4. The van der Waals surface area contributed by atoms with Crippen molar-refractivity contribution in [3.8, 4) is 0 Å². The minimum absolute atomic E-state index is 0.0418. The summed E-state index contributed by atoms with van der Waals surface area (Å²) in [6, 6.07) is 9.26. The Morgan fingerprint density at radius 3 is 2.74 bits per heavy atom. The number of hydrogen-bond acceptors (Lipinski definition) is 6. The van der Waals surface area contributed by atoms with E-state index in [0.717, 1.165) is 5.56 Å². The van der Waals surface area contributed by atoms with Crippen molar-refractivity contribution in [2.75, 3.05) is 5.32 Å². The lowest BCUT2D eigenvalue weighted by Crippen LogP contribution is -2.35. The number of H-pyrrole nitrogens is 1. The molecule has 27 heavy (non-hydrogen) atoms. The van der Waals surface area contributed by atoms with Crippen LogP contribution in [0.15, 0.2) is 58.3 Å². The molecule has 0 radical (unpaired) electrons. The van der Waals surface area contributed by atoms with Crippen LogP contribution in [0.4, 0.5) is 17.2 Å². The maximum atomic E-state index is 13.0. The lowest BCUT2D eigenvalue weighted by Gasteiger charge is -2.27. The molecule has 1 amide bonds. The second-order valence-electron chi connectivity index (χ2n) is 6.19. The topological polar surface area (TPSA) is 126 Å². The molecule has 9 nitrogen and oxygen atoms in total. The predicted molar refractivity (Wildman–Crippen MR) is 97.1 cm³/mol. The van der Waals surface area contributed by atoms with Gasteiger partial charge in [-0.25, -0.2) is 4.99 Å². The summed E-state index contributed by atoms with van der Waals surface area (Å²) in [6.07, 6.45) is 3.20. The van der Waals surface area contributed by atoms with Gasteiger partial charge in [0.05, 0.1) is 29.2 Å². The van der Waals surface area contributed by atoms with Crippen molar-refractivity contribution in [2.45, 2.75) is 12.8 Å². The predicted octanol–water partition coefficient (Wildman–Crippen LogP) is 3.40. The SMILES string of the molecule is CC1=Nc2[nH]ncc2C(c2ccco2)C1C(=O)Nc1ccc([N+](=O)[O-])cc1. The summed E-state index contributed by atoms with van der Waals surface area (Å²) < 4.78 is 5.57. The highest BCUT2D eigenvalue weighted by Gasteiger charge is 2.40. The fourth-order valence-corrected chi connectivity index (χ4v) is 3.29. The lowest BCUT2D eigenvalue weighted by atomic mass is 9.80. The van der Waals surface area contributed by atoms with Gasteiger partial charge in [-0.15, -0.1) is 0 Å². The van der Waals surface area contributed by atoms with Crippen molar-refractivity contribution in [3.05, 3.63) is 70.3 Å². The molecule has 0 saturated carbocycles. The first kappa shape index (κ1) is 16.7. The summed E-state index contributed by atoms with van der Waals surface area (Å²) in [5.41, 5.74) is 1.82. The standard InChI is InChI=1S/C18H15N5O4/c1-10-15(18(24)21-11-4-6-12(7-5-11)23(25)26)16(14-3-2-8-27-14)13-9-19-22-17(13)20-10/h2-9,15-16H,1H3,(H,19,22)(H,21,24). The third-order valence-electron chi connectivity index (χ3n) is 4.53. The number of benzene rings is 1. The quantitative estimate of drug-likeness (QED) is 0.541. The molecular weight excluding hydrogens is 350 g/mol. The lowest BCUT2D eigenvalue weighted by molar-refractivity contribution is -0.384. The number of anilines is 1. The van der Waals surface area contributed by atoms with Crippen molar-refractivity contribution < 1.29 is 14.1 Å². The summed E-state index contributed by atoms with van der Waals surface area (Å²) in [5.74, 6) is -0.0110. The minimum atomic E-state index is -0.601. The third-order valence-corrected chi connectivity index (χ3v) is 4.53. The number of aliphatic imine (C=N–C) groups is 1. The zero-order valence-corrected chi connectivity index (χ0v) is 14.2. The zero-order valence-electron chi connectivity index (χ0n) is 14.2. The number of carbonyl (C=O) groups excluding carboxylic acids is 1. The summed E-state index contributed by atoms with van der Waals surface area (Å²) >= 11 is 0. The normalized spacial score (nSPS) is 18.5. The molecule has 9 heteroatoms. The molecule has 0 spiro atoms. The van der Waals surface area contributed by atoms with Crippen LogP contribution in [0.3, 0.4) is 0 Å². The molecule has 2 N–H and O–H groups in total. The van der Waals surface area contributed by atoms with Crippen LogP contribution in [-0.4, -0.2) is 26.7 Å². The van der Waals surface area contributed by atoms with E-state index in [1.165, 1.54) is 24.3 Å². The first-order valence-electron chi connectivity index (χ1n) is 8.22. The number of nitro groups is 1. The molecule has 0 aliphatic carbocycles. The molecule has 1 aromatic carbocycles. The highest BCUT2D eigenvalue weighted by Crippen LogP contribution is 2.41. The second kappa shape index (κ2) is 6.52. The fourth-order valence-electron chi connectivity index (χ4n) is 3.29. The monoisotopic (exact) mass is 365 g/mol. The Labute approximate surface area is 153 Å². The van der Waals surface area contributed by atoms with E-state index in [2.05, 4.69) is 20.5 Å². The largest absolute Gasteiger partial charge is 0.469 e. The van der Waals surface area contributed by atoms with Gasteiger partial charge in [0, 0.05) is 29.1 Å². The van der Waals surface area contributed by atoms with Gasteiger partial charge in [0.2, 0.25) is 5.91 Å². The Morgan fingerprint density at radius 1 is 1.30 bits per heavy atom. The number of fused-ring (bicyclic) bond motifs is 1. The number of carbonyl (C=O) groups is 1. The average Bonchev–Trinajstić information content (AvgIpc) is 3.32. The van der Waals surface area contributed by atoms with Gasteiger partial charge in [0.15, 0.2) is 5.82 Å². The Balaban J connectivity index is 1.66. The molecule has 2 unspecified atom stereocenters. The highest BCUT2D eigenvalue weighted by molar-refractivity contribution is 6.11. The van der Waals surface area contributed by atoms with Crippen molar-refractivity contribution in [3.63, 3.8) is 0 Å². The van der Waals surface area contributed by atoms with Gasteiger partial charge in [-0.1, -0.05) is 0 Å². The Bertz CT molecular complexity index is 1020. The summed E-state index contributed by atoms with van der Waals surface area (Å²) in [7, 11) is 0. The molecule has 1 aliphatic heterocycles. The Kier molecular flexibility index (Phi) is 4.03. The fraction of sp³-hybridized carbons (Fsp3) is 0.167. The van der Waals surface area contributed by atoms with E-state index in [1.54, 1.807) is 25.5 Å². The van der Waals surface area contributed by atoms with E-state index in [9.17, 15) is 14.9 Å². The molecule has 3 aromatic rings. The minimum Gasteiger partial charge on any atom is -0.469 e. The van der Waals surface area contributed by atoms with E-state index in [4.69, 9.17) is 4.42 Å². The van der Waals surface area contributed by atoms with Crippen LogP contribution in [0.2, 0.25) is 0 Å². The second-order valence-corrected chi connectivity index (χ2v) is 6.19. The van der Waals surface area contributed by atoms with Crippen LogP contribution in [0, 0.1) is 16.0 Å².